The summed E-state index contributed by atoms with van der Waals surface area (Å²) in [5.41, 5.74) is 0.409. The SMILES string of the molecule is O=C(CCN1CCC[C@@H]1C(=O)O)Nc1cccc(F)c1. The molecule has 1 aromatic carbocycles. The number of likely N-dealkylation sites (tertiary alicyclic amines) is 1. The molecule has 1 aliphatic rings. The lowest BCUT2D eigenvalue weighted by Gasteiger charge is -2.20. The van der Waals surface area contributed by atoms with E-state index in [1.54, 1.807) is 11.0 Å². The highest BCUT2D eigenvalue weighted by Gasteiger charge is 2.30. The molecule has 0 bridgehead atoms. The molecule has 0 aromatic heterocycles. The van der Waals surface area contributed by atoms with E-state index < -0.39 is 17.8 Å². The quantitative estimate of drug-likeness (QED) is 0.861. The third kappa shape index (κ3) is 3.77. The van der Waals surface area contributed by atoms with Crippen LogP contribution in [-0.2, 0) is 9.59 Å². The highest BCUT2D eigenvalue weighted by Crippen LogP contribution is 2.17. The molecule has 1 aliphatic heterocycles. The van der Waals surface area contributed by atoms with Crippen LogP contribution in [0.4, 0.5) is 10.1 Å². The summed E-state index contributed by atoms with van der Waals surface area (Å²) >= 11 is 0. The Bertz CT molecular complexity index is 507. The van der Waals surface area contributed by atoms with E-state index in [4.69, 9.17) is 5.11 Å². The van der Waals surface area contributed by atoms with Crippen molar-refractivity contribution < 1.29 is 19.1 Å². The van der Waals surface area contributed by atoms with E-state index in [0.29, 0.717) is 25.2 Å². The van der Waals surface area contributed by atoms with Crippen LogP contribution in [0.5, 0.6) is 0 Å². The van der Waals surface area contributed by atoms with Crippen molar-refractivity contribution >= 4 is 17.6 Å². The van der Waals surface area contributed by atoms with Gasteiger partial charge >= 0.3 is 5.97 Å². The number of carboxylic acids is 1. The van der Waals surface area contributed by atoms with Gasteiger partial charge in [-0.05, 0) is 37.6 Å². The molecule has 2 rings (SSSR count). The molecule has 0 saturated carbocycles. The van der Waals surface area contributed by atoms with Crippen LogP contribution in [0.15, 0.2) is 24.3 Å². The number of nitrogens with one attached hydrogen (secondary N) is 1. The second-order valence-corrected chi connectivity index (χ2v) is 4.84. The molecule has 1 atom stereocenters. The number of benzene rings is 1. The first-order valence-electron chi connectivity index (χ1n) is 6.58. The predicted octanol–water partition coefficient (Wildman–Crippen LogP) is 1.70. The summed E-state index contributed by atoms with van der Waals surface area (Å²) in [5.74, 6) is -1.49. The van der Waals surface area contributed by atoms with Crippen molar-refractivity contribution in [3.05, 3.63) is 30.1 Å². The van der Waals surface area contributed by atoms with Crippen LogP contribution in [0.25, 0.3) is 0 Å². The maximum absolute atomic E-state index is 13.0. The van der Waals surface area contributed by atoms with Crippen LogP contribution in [0.3, 0.4) is 0 Å². The Balaban J connectivity index is 1.82. The summed E-state index contributed by atoms with van der Waals surface area (Å²) in [4.78, 5) is 24.5. The summed E-state index contributed by atoms with van der Waals surface area (Å²) in [7, 11) is 0. The predicted molar refractivity (Wildman–Crippen MR) is 71.9 cm³/mol. The van der Waals surface area contributed by atoms with Gasteiger partial charge in [-0.1, -0.05) is 6.07 Å². The molecule has 1 fully saturated rings. The first-order chi connectivity index (χ1) is 9.56. The highest BCUT2D eigenvalue weighted by molar-refractivity contribution is 5.90. The van der Waals surface area contributed by atoms with Gasteiger partial charge in [0.05, 0.1) is 0 Å². The first kappa shape index (κ1) is 14.5. The second-order valence-electron chi connectivity index (χ2n) is 4.84. The molecule has 20 heavy (non-hydrogen) atoms. The number of nitrogens with zero attached hydrogens (tertiary/aromatic N) is 1. The number of amides is 1. The lowest BCUT2D eigenvalue weighted by molar-refractivity contribution is -0.142. The first-order valence-corrected chi connectivity index (χ1v) is 6.58. The molecule has 108 valence electrons. The van der Waals surface area contributed by atoms with Gasteiger partial charge in [0, 0.05) is 18.7 Å². The maximum atomic E-state index is 13.0. The average Bonchev–Trinajstić information content (AvgIpc) is 2.85. The zero-order valence-electron chi connectivity index (χ0n) is 11.0. The Kier molecular flexibility index (Phi) is 4.68. The fourth-order valence-electron chi connectivity index (χ4n) is 2.41. The number of hydrogen-bond donors (Lipinski definition) is 2. The molecule has 0 spiro atoms. The third-order valence-electron chi connectivity index (χ3n) is 3.38. The van der Waals surface area contributed by atoms with Crippen LogP contribution in [0.2, 0.25) is 0 Å². The lowest BCUT2D eigenvalue weighted by Crippen LogP contribution is -2.37. The molecular weight excluding hydrogens is 263 g/mol. The minimum absolute atomic E-state index is 0.195. The number of rotatable bonds is 5. The van der Waals surface area contributed by atoms with Gasteiger partial charge in [0.1, 0.15) is 11.9 Å². The topological polar surface area (TPSA) is 69.6 Å². The second kappa shape index (κ2) is 6.47. The molecular formula is C14H17FN2O3. The molecule has 1 amide bonds. The van der Waals surface area contributed by atoms with Crippen molar-refractivity contribution in [3.8, 4) is 0 Å². The molecule has 1 aromatic rings. The number of carboxylic acid groups (broad SMARTS) is 1. The smallest absolute Gasteiger partial charge is 0.320 e. The van der Waals surface area contributed by atoms with Crippen molar-refractivity contribution in [2.45, 2.75) is 25.3 Å². The van der Waals surface area contributed by atoms with Gasteiger partial charge in [-0.15, -0.1) is 0 Å². The maximum Gasteiger partial charge on any atom is 0.320 e. The van der Waals surface area contributed by atoms with Crippen LogP contribution in [0, 0.1) is 5.82 Å². The van der Waals surface area contributed by atoms with Gasteiger partial charge in [-0.2, -0.15) is 0 Å². The summed E-state index contributed by atoms with van der Waals surface area (Å²) in [6.45, 7) is 1.10. The third-order valence-corrected chi connectivity index (χ3v) is 3.38. The van der Waals surface area contributed by atoms with Gasteiger partial charge < -0.3 is 10.4 Å². The number of carbonyl (C=O) groups is 2. The van der Waals surface area contributed by atoms with E-state index in [1.165, 1.54) is 18.2 Å². The van der Waals surface area contributed by atoms with Gasteiger partial charge in [0.15, 0.2) is 0 Å². The zero-order chi connectivity index (χ0) is 14.5. The zero-order valence-corrected chi connectivity index (χ0v) is 11.0. The fourth-order valence-corrected chi connectivity index (χ4v) is 2.41. The molecule has 1 heterocycles. The summed E-state index contributed by atoms with van der Waals surface area (Å²) in [6, 6.07) is 5.19. The Morgan fingerprint density at radius 1 is 1.45 bits per heavy atom. The van der Waals surface area contributed by atoms with Gasteiger partial charge in [-0.25, -0.2) is 4.39 Å². The van der Waals surface area contributed by atoms with Gasteiger partial charge in [0.25, 0.3) is 0 Å². The van der Waals surface area contributed by atoms with Crippen molar-refractivity contribution in [2.24, 2.45) is 0 Å². The molecule has 0 radical (unpaired) electrons. The largest absolute Gasteiger partial charge is 0.480 e. The lowest BCUT2D eigenvalue weighted by atomic mass is 10.2. The Morgan fingerprint density at radius 3 is 2.95 bits per heavy atom. The van der Waals surface area contributed by atoms with E-state index in [9.17, 15) is 14.0 Å². The monoisotopic (exact) mass is 280 g/mol. The van der Waals surface area contributed by atoms with Crippen molar-refractivity contribution in [1.82, 2.24) is 4.90 Å². The van der Waals surface area contributed by atoms with Crippen LogP contribution in [0.1, 0.15) is 19.3 Å². The standard InChI is InChI=1S/C14H17FN2O3/c15-10-3-1-4-11(9-10)16-13(18)6-8-17-7-2-5-12(17)14(19)20/h1,3-4,9,12H,2,5-8H2,(H,16,18)(H,19,20)/t12-/m1/s1. The Hall–Kier alpha value is -1.95. The highest BCUT2D eigenvalue weighted by atomic mass is 19.1. The molecule has 0 aliphatic carbocycles. The molecule has 0 unspecified atom stereocenters. The normalized spacial score (nSPS) is 18.9. The van der Waals surface area contributed by atoms with Crippen LogP contribution in [-0.4, -0.2) is 41.0 Å². The van der Waals surface area contributed by atoms with Gasteiger partial charge in [0.2, 0.25) is 5.91 Å². The van der Waals surface area contributed by atoms with E-state index in [0.717, 1.165) is 6.42 Å². The van der Waals surface area contributed by atoms with E-state index in [1.807, 2.05) is 0 Å². The van der Waals surface area contributed by atoms with E-state index in [2.05, 4.69) is 5.32 Å². The summed E-state index contributed by atoms with van der Waals surface area (Å²) in [6.07, 6.45) is 1.66. The van der Waals surface area contributed by atoms with E-state index >= 15 is 0 Å². The van der Waals surface area contributed by atoms with Crippen LogP contribution < -0.4 is 5.32 Å². The number of anilines is 1. The Labute approximate surface area is 116 Å². The number of aliphatic carboxylic acids is 1. The molecule has 1 saturated heterocycles. The van der Waals surface area contributed by atoms with Crippen molar-refractivity contribution in [3.63, 3.8) is 0 Å². The summed E-state index contributed by atoms with van der Waals surface area (Å²) < 4.78 is 13.0. The molecule has 6 heteroatoms. The molecule has 2 N–H and O–H groups in total. The van der Waals surface area contributed by atoms with Crippen molar-refractivity contribution in [2.75, 3.05) is 18.4 Å². The minimum Gasteiger partial charge on any atom is -0.480 e. The van der Waals surface area contributed by atoms with Crippen LogP contribution >= 0.6 is 0 Å². The minimum atomic E-state index is -0.840. The van der Waals surface area contributed by atoms with Gasteiger partial charge in [-0.3, -0.25) is 14.5 Å². The molecule has 5 nitrogen and oxygen atoms in total. The van der Waals surface area contributed by atoms with E-state index in [-0.39, 0.29) is 12.3 Å². The number of hydrogen-bond acceptors (Lipinski definition) is 3. The average molecular weight is 280 g/mol. The number of halogens is 1. The Morgan fingerprint density at radius 2 is 2.25 bits per heavy atom. The van der Waals surface area contributed by atoms with Crippen molar-refractivity contribution in [1.29, 1.82) is 0 Å². The summed E-state index contributed by atoms with van der Waals surface area (Å²) in [5, 5.41) is 11.6. The fraction of sp³-hybridized carbons (Fsp3) is 0.429. The number of carbonyl (C=O) groups excluding carboxylic acids is 1.